The number of hydrogen-bond acceptors (Lipinski definition) is 1. The van der Waals surface area contributed by atoms with E-state index in [-0.39, 0.29) is 10.4 Å². The van der Waals surface area contributed by atoms with Crippen molar-refractivity contribution in [1.29, 1.82) is 0 Å². The van der Waals surface area contributed by atoms with E-state index in [1.807, 2.05) is 44.2 Å². The summed E-state index contributed by atoms with van der Waals surface area (Å²) < 4.78 is 0.120. The molecule has 0 aromatic heterocycles. The Morgan fingerprint density at radius 1 is 1.22 bits per heavy atom. The number of allylic oxidation sites excluding steroid dienone is 2. The van der Waals surface area contributed by atoms with Crippen LogP contribution in [0.25, 0.3) is 0 Å². The third kappa shape index (κ3) is 3.45. The molecule has 1 fully saturated rings. The van der Waals surface area contributed by atoms with Gasteiger partial charge in [-0.15, -0.1) is 0 Å². The van der Waals surface area contributed by atoms with Gasteiger partial charge in [-0.05, 0) is 35.5 Å². The van der Waals surface area contributed by atoms with Crippen LogP contribution in [0, 0.1) is 16.7 Å². The molecule has 0 heterocycles. The van der Waals surface area contributed by atoms with Crippen molar-refractivity contribution in [3.63, 3.8) is 0 Å². The summed E-state index contributed by atoms with van der Waals surface area (Å²) in [5, 5.41) is 9.82. The maximum atomic E-state index is 12.0. The molecule has 5 heteroatoms. The highest BCUT2D eigenvalue weighted by molar-refractivity contribution is 6.55. The fraction of sp³-hybridized carbons (Fsp3) is 0.389. The SMILES string of the molecule is CC1(C)C(C=C(Cl)Cl)C1(Cc1ccc(C/C=C\Cl)cc1)C(=O)O. The molecule has 1 aromatic carbocycles. The minimum Gasteiger partial charge on any atom is -0.481 e. The molecule has 0 saturated heterocycles. The number of halogens is 3. The molecule has 1 aliphatic rings. The zero-order valence-electron chi connectivity index (χ0n) is 13.0. The van der Waals surface area contributed by atoms with Crippen molar-refractivity contribution in [3.05, 3.63) is 57.6 Å². The maximum Gasteiger partial charge on any atom is 0.311 e. The normalized spacial score (nSPS) is 25.3. The van der Waals surface area contributed by atoms with Crippen LogP contribution < -0.4 is 0 Å². The maximum absolute atomic E-state index is 12.0. The predicted octanol–water partition coefficient (Wildman–Crippen LogP) is 5.57. The Kier molecular flexibility index (Phi) is 5.50. The summed E-state index contributed by atoms with van der Waals surface area (Å²) in [5.41, 5.74) is 2.34. The van der Waals surface area contributed by atoms with Crippen LogP contribution in [0.5, 0.6) is 0 Å². The number of aliphatic carboxylic acids is 1. The van der Waals surface area contributed by atoms with Gasteiger partial charge in [-0.2, -0.15) is 0 Å². The summed E-state index contributed by atoms with van der Waals surface area (Å²) in [4.78, 5) is 12.0. The van der Waals surface area contributed by atoms with Crippen molar-refractivity contribution in [2.75, 3.05) is 0 Å². The number of benzene rings is 1. The Balaban J connectivity index is 2.25. The zero-order chi connectivity index (χ0) is 17.3. The first-order valence-electron chi connectivity index (χ1n) is 7.35. The fourth-order valence-corrected chi connectivity index (χ4v) is 3.83. The van der Waals surface area contributed by atoms with E-state index in [4.69, 9.17) is 34.8 Å². The molecular weight excluding hydrogens is 355 g/mol. The van der Waals surface area contributed by atoms with Gasteiger partial charge in [-0.1, -0.05) is 79.0 Å². The second kappa shape index (κ2) is 6.88. The molecule has 0 aliphatic heterocycles. The van der Waals surface area contributed by atoms with E-state index in [1.54, 1.807) is 6.08 Å². The monoisotopic (exact) mass is 372 g/mol. The fourth-order valence-electron chi connectivity index (χ4n) is 3.49. The van der Waals surface area contributed by atoms with E-state index in [0.717, 1.165) is 17.5 Å². The second-order valence-electron chi connectivity index (χ2n) is 6.49. The van der Waals surface area contributed by atoms with Crippen LogP contribution in [0.3, 0.4) is 0 Å². The van der Waals surface area contributed by atoms with Gasteiger partial charge in [-0.3, -0.25) is 4.79 Å². The molecule has 1 N–H and O–H groups in total. The molecule has 1 aliphatic carbocycles. The summed E-state index contributed by atoms with van der Waals surface area (Å²) in [7, 11) is 0. The van der Waals surface area contributed by atoms with Crippen LogP contribution in [0.4, 0.5) is 0 Å². The quantitative estimate of drug-likeness (QED) is 0.707. The van der Waals surface area contributed by atoms with Gasteiger partial charge < -0.3 is 5.11 Å². The largest absolute Gasteiger partial charge is 0.481 e. The van der Waals surface area contributed by atoms with Crippen LogP contribution in [0.2, 0.25) is 0 Å². The van der Waals surface area contributed by atoms with E-state index in [9.17, 15) is 9.90 Å². The smallest absolute Gasteiger partial charge is 0.311 e. The highest BCUT2D eigenvalue weighted by atomic mass is 35.5. The Labute approximate surface area is 151 Å². The minimum atomic E-state index is -0.875. The molecule has 2 rings (SSSR count). The summed E-state index contributed by atoms with van der Waals surface area (Å²) in [6.45, 7) is 3.89. The number of rotatable bonds is 6. The van der Waals surface area contributed by atoms with E-state index >= 15 is 0 Å². The minimum absolute atomic E-state index is 0.120. The lowest BCUT2D eigenvalue weighted by Gasteiger charge is -2.16. The Morgan fingerprint density at radius 2 is 1.78 bits per heavy atom. The molecule has 2 atom stereocenters. The van der Waals surface area contributed by atoms with Crippen molar-refractivity contribution in [1.82, 2.24) is 0 Å². The topological polar surface area (TPSA) is 37.3 Å². The summed E-state index contributed by atoms with van der Waals surface area (Å²) in [6.07, 6.45) is 4.72. The first-order valence-corrected chi connectivity index (χ1v) is 8.54. The van der Waals surface area contributed by atoms with Gasteiger partial charge in [0.15, 0.2) is 0 Å². The molecule has 124 valence electrons. The average molecular weight is 374 g/mol. The van der Waals surface area contributed by atoms with Gasteiger partial charge in [0.2, 0.25) is 0 Å². The standard InChI is InChI=1S/C18H19Cl3O2/c1-17(2)14(10-15(20)21)18(17,16(22)23)11-13-7-5-12(6-8-13)4-3-9-19/h3,5-10,14H,4,11H2,1-2H3,(H,22,23)/b9-3-. The van der Waals surface area contributed by atoms with Gasteiger partial charge in [-0.25, -0.2) is 0 Å². The summed E-state index contributed by atoms with van der Waals surface area (Å²) in [6, 6.07) is 7.94. The van der Waals surface area contributed by atoms with Gasteiger partial charge in [0.1, 0.15) is 4.49 Å². The van der Waals surface area contributed by atoms with Crippen LogP contribution >= 0.6 is 34.8 Å². The number of hydrogen-bond donors (Lipinski definition) is 1. The highest BCUT2D eigenvalue weighted by Gasteiger charge is 2.74. The molecule has 2 nitrogen and oxygen atoms in total. The third-order valence-electron chi connectivity index (χ3n) is 5.00. The van der Waals surface area contributed by atoms with Gasteiger partial charge in [0.05, 0.1) is 5.41 Å². The lowest BCUT2D eigenvalue weighted by Crippen LogP contribution is -2.24. The zero-order valence-corrected chi connectivity index (χ0v) is 15.3. The first kappa shape index (κ1) is 18.4. The van der Waals surface area contributed by atoms with Crippen molar-refractivity contribution in [3.8, 4) is 0 Å². The molecule has 0 radical (unpaired) electrons. The van der Waals surface area contributed by atoms with Crippen LogP contribution in [0.15, 0.2) is 46.4 Å². The molecule has 2 unspecified atom stereocenters. The molecule has 0 bridgehead atoms. The lowest BCUT2D eigenvalue weighted by molar-refractivity contribution is -0.145. The van der Waals surface area contributed by atoms with Crippen LogP contribution in [0.1, 0.15) is 25.0 Å². The van der Waals surface area contributed by atoms with Crippen molar-refractivity contribution < 1.29 is 9.90 Å². The predicted molar refractivity (Wildman–Crippen MR) is 96.0 cm³/mol. The van der Waals surface area contributed by atoms with E-state index < -0.39 is 16.8 Å². The molecule has 0 amide bonds. The molecule has 1 saturated carbocycles. The van der Waals surface area contributed by atoms with E-state index in [2.05, 4.69) is 0 Å². The van der Waals surface area contributed by atoms with Crippen molar-refractivity contribution >= 4 is 40.8 Å². The lowest BCUT2D eigenvalue weighted by atomic mass is 9.88. The van der Waals surface area contributed by atoms with E-state index in [0.29, 0.717) is 6.42 Å². The Bertz CT molecular complexity index is 643. The number of carboxylic acid groups (broad SMARTS) is 1. The Hall–Kier alpha value is -0.960. The molecule has 1 aromatic rings. The Morgan fingerprint density at radius 3 is 2.26 bits per heavy atom. The van der Waals surface area contributed by atoms with Gasteiger partial charge >= 0.3 is 5.97 Å². The first-order chi connectivity index (χ1) is 10.8. The van der Waals surface area contributed by atoms with Crippen molar-refractivity contribution in [2.45, 2.75) is 26.7 Å². The molecular formula is C18H19Cl3O2. The van der Waals surface area contributed by atoms with Crippen molar-refractivity contribution in [2.24, 2.45) is 16.7 Å². The highest BCUT2D eigenvalue weighted by Crippen LogP contribution is 2.71. The molecule has 0 spiro atoms. The average Bonchev–Trinajstić information content (AvgIpc) is 2.94. The summed E-state index contributed by atoms with van der Waals surface area (Å²) in [5.74, 6) is -0.996. The van der Waals surface area contributed by atoms with E-state index in [1.165, 1.54) is 5.54 Å². The van der Waals surface area contributed by atoms with Gasteiger partial charge in [0.25, 0.3) is 0 Å². The van der Waals surface area contributed by atoms with Gasteiger partial charge in [0, 0.05) is 11.5 Å². The summed E-state index contributed by atoms with van der Waals surface area (Å²) >= 11 is 17.1. The van der Waals surface area contributed by atoms with Crippen LogP contribution in [-0.4, -0.2) is 11.1 Å². The number of carboxylic acids is 1. The van der Waals surface area contributed by atoms with Crippen LogP contribution in [-0.2, 0) is 17.6 Å². The second-order valence-corrected chi connectivity index (χ2v) is 7.75. The molecule has 23 heavy (non-hydrogen) atoms. The number of carbonyl (C=O) groups is 1. The third-order valence-corrected chi connectivity index (χ3v) is 5.43.